The van der Waals surface area contributed by atoms with Gasteiger partial charge >= 0.3 is 0 Å². The molecule has 0 bridgehead atoms. The molecule has 134 valence electrons. The van der Waals surface area contributed by atoms with Crippen molar-refractivity contribution >= 4 is 34.2 Å². The van der Waals surface area contributed by atoms with Gasteiger partial charge in [0, 0.05) is 23.7 Å². The molecule has 0 saturated heterocycles. The minimum atomic E-state index is -3.92. The van der Waals surface area contributed by atoms with Crippen LogP contribution in [-0.4, -0.2) is 42.7 Å². The van der Waals surface area contributed by atoms with Crippen LogP contribution in [-0.2, 0) is 10.0 Å². The van der Waals surface area contributed by atoms with E-state index in [9.17, 15) is 18.0 Å². The van der Waals surface area contributed by atoms with Crippen molar-refractivity contribution in [1.82, 2.24) is 9.62 Å². The minimum Gasteiger partial charge on any atom is -0.346 e. The summed E-state index contributed by atoms with van der Waals surface area (Å²) in [5, 5.41) is 2.73. The summed E-state index contributed by atoms with van der Waals surface area (Å²) in [4.78, 5) is 24.4. The lowest BCUT2D eigenvalue weighted by Gasteiger charge is -2.24. The second-order valence-electron chi connectivity index (χ2n) is 6.45. The van der Waals surface area contributed by atoms with Gasteiger partial charge in [-0.3, -0.25) is 9.59 Å². The Morgan fingerprint density at radius 3 is 2.42 bits per heavy atom. The average molecular weight is 376 g/mol. The van der Waals surface area contributed by atoms with E-state index in [1.165, 1.54) is 18.2 Å². The first-order valence-electron chi connectivity index (χ1n) is 7.26. The van der Waals surface area contributed by atoms with Gasteiger partial charge in [-0.25, -0.2) is 12.7 Å². The van der Waals surface area contributed by atoms with E-state index < -0.39 is 33.4 Å². The van der Waals surface area contributed by atoms with Crippen LogP contribution in [0.5, 0.6) is 0 Å². The lowest BCUT2D eigenvalue weighted by atomic mass is 10.0. The molecule has 0 saturated carbocycles. The van der Waals surface area contributed by atoms with Gasteiger partial charge in [-0.15, -0.1) is 12.4 Å². The molecular weight excluding hydrogens is 354 g/mol. The summed E-state index contributed by atoms with van der Waals surface area (Å²) in [6.07, 6.45) is 0. The molecule has 0 radical (unpaired) electrons. The van der Waals surface area contributed by atoms with E-state index in [4.69, 9.17) is 5.73 Å². The second-order valence-corrected chi connectivity index (χ2v) is 8.24. The summed E-state index contributed by atoms with van der Waals surface area (Å²) in [5.41, 5.74) is 5.22. The van der Waals surface area contributed by atoms with Crippen LogP contribution in [0.15, 0.2) is 23.1 Å². The fraction of sp³-hybridized carbons (Fsp3) is 0.467. The van der Waals surface area contributed by atoms with Gasteiger partial charge in [-0.05, 0) is 45.9 Å². The average Bonchev–Trinajstić information content (AvgIpc) is 2.65. The number of hydrogen-bond acceptors (Lipinski definition) is 5. The lowest BCUT2D eigenvalue weighted by molar-refractivity contribution is 0.0844. The number of fused-ring (bicyclic) bond motifs is 1. The van der Waals surface area contributed by atoms with Crippen LogP contribution in [0.2, 0.25) is 0 Å². The van der Waals surface area contributed by atoms with E-state index in [-0.39, 0.29) is 35.0 Å². The van der Waals surface area contributed by atoms with Crippen LogP contribution in [0.4, 0.5) is 0 Å². The smallest absolute Gasteiger partial charge is 0.269 e. The zero-order valence-corrected chi connectivity index (χ0v) is 15.6. The summed E-state index contributed by atoms with van der Waals surface area (Å²) in [7, 11) is -3.92. The van der Waals surface area contributed by atoms with Gasteiger partial charge in [0.25, 0.3) is 21.8 Å². The number of carbonyl (C=O) groups is 2. The first-order valence-corrected chi connectivity index (χ1v) is 8.70. The molecule has 0 aromatic heterocycles. The number of sulfonamides is 1. The maximum Gasteiger partial charge on any atom is 0.269 e. The van der Waals surface area contributed by atoms with E-state index in [1.807, 2.05) is 0 Å². The van der Waals surface area contributed by atoms with Crippen molar-refractivity contribution in [3.8, 4) is 0 Å². The number of nitrogens with one attached hydrogen (secondary N) is 1. The molecule has 2 amide bonds. The van der Waals surface area contributed by atoms with Gasteiger partial charge in [0.2, 0.25) is 0 Å². The van der Waals surface area contributed by atoms with Crippen LogP contribution >= 0.6 is 12.4 Å². The molecule has 0 aliphatic carbocycles. The summed E-state index contributed by atoms with van der Waals surface area (Å²) in [6, 6.07) is 3.57. The van der Waals surface area contributed by atoms with Gasteiger partial charge in [0.05, 0.1) is 5.56 Å². The molecule has 1 aliphatic rings. The highest BCUT2D eigenvalue weighted by molar-refractivity contribution is 7.90. The third kappa shape index (κ3) is 3.40. The van der Waals surface area contributed by atoms with Gasteiger partial charge in [0.15, 0.2) is 0 Å². The molecule has 7 nitrogen and oxygen atoms in total. The lowest BCUT2D eigenvalue weighted by Crippen LogP contribution is -2.48. The van der Waals surface area contributed by atoms with E-state index in [0.29, 0.717) is 0 Å². The van der Waals surface area contributed by atoms with Crippen LogP contribution in [0, 0.1) is 0 Å². The Hall–Kier alpha value is -1.64. The van der Waals surface area contributed by atoms with Crippen molar-refractivity contribution < 1.29 is 18.0 Å². The molecule has 0 fully saturated rings. The monoisotopic (exact) mass is 375 g/mol. The quantitative estimate of drug-likeness (QED) is 0.819. The molecule has 0 unspecified atom stereocenters. The highest BCUT2D eigenvalue weighted by Gasteiger charge is 2.43. The van der Waals surface area contributed by atoms with E-state index in [2.05, 4.69) is 5.32 Å². The molecule has 1 heterocycles. The second kappa shape index (κ2) is 6.70. The maximum absolute atomic E-state index is 12.5. The summed E-state index contributed by atoms with van der Waals surface area (Å²) in [5.74, 6) is -1.00. The SMILES string of the molecule is CC(C)N1C(=O)c2ccc(C(=O)NC(C)(C)CN)cc2S1(=O)=O.Cl. The number of carbonyl (C=O) groups excluding carboxylic acids is 2. The van der Waals surface area contributed by atoms with Crippen molar-refractivity contribution in [3.63, 3.8) is 0 Å². The minimum absolute atomic E-state index is 0. The largest absolute Gasteiger partial charge is 0.346 e. The number of hydrogen-bond donors (Lipinski definition) is 2. The van der Waals surface area contributed by atoms with Crippen molar-refractivity contribution in [2.24, 2.45) is 5.73 Å². The predicted molar refractivity (Wildman–Crippen MR) is 92.8 cm³/mol. The van der Waals surface area contributed by atoms with Gasteiger partial charge < -0.3 is 11.1 Å². The van der Waals surface area contributed by atoms with Crippen LogP contribution in [0.1, 0.15) is 48.4 Å². The third-order valence-electron chi connectivity index (χ3n) is 3.64. The number of benzene rings is 1. The van der Waals surface area contributed by atoms with Gasteiger partial charge in [0.1, 0.15) is 4.90 Å². The Bertz CT molecular complexity index is 775. The number of nitrogens with zero attached hydrogens (tertiary/aromatic N) is 1. The molecule has 0 atom stereocenters. The van der Waals surface area contributed by atoms with Crippen molar-refractivity contribution in [1.29, 1.82) is 0 Å². The van der Waals surface area contributed by atoms with E-state index in [0.717, 1.165) is 4.31 Å². The van der Waals surface area contributed by atoms with Crippen LogP contribution < -0.4 is 11.1 Å². The molecule has 2 rings (SSSR count). The Labute approximate surface area is 148 Å². The fourth-order valence-electron chi connectivity index (χ4n) is 2.33. The first kappa shape index (κ1) is 20.4. The van der Waals surface area contributed by atoms with Gasteiger partial charge in [-0.2, -0.15) is 0 Å². The van der Waals surface area contributed by atoms with Gasteiger partial charge in [-0.1, -0.05) is 0 Å². The number of halogens is 1. The number of rotatable bonds is 4. The maximum atomic E-state index is 12.5. The third-order valence-corrected chi connectivity index (χ3v) is 5.64. The topological polar surface area (TPSA) is 110 Å². The molecule has 24 heavy (non-hydrogen) atoms. The fourth-order valence-corrected chi connectivity index (χ4v) is 4.12. The van der Waals surface area contributed by atoms with E-state index >= 15 is 0 Å². The van der Waals surface area contributed by atoms with Crippen molar-refractivity contribution in [2.45, 2.75) is 44.2 Å². The Balaban J connectivity index is 0.00000288. The summed E-state index contributed by atoms with van der Waals surface area (Å²) < 4.78 is 25.8. The summed E-state index contributed by atoms with van der Waals surface area (Å²) >= 11 is 0. The molecule has 3 N–H and O–H groups in total. The van der Waals surface area contributed by atoms with Crippen LogP contribution in [0.25, 0.3) is 0 Å². The Morgan fingerprint density at radius 1 is 1.33 bits per heavy atom. The predicted octanol–water partition coefficient (Wildman–Crippen LogP) is 1.13. The zero-order chi connectivity index (χ0) is 17.6. The Morgan fingerprint density at radius 2 is 1.92 bits per heavy atom. The number of nitrogens with two attached hydrogens (primary N) is 1. The molecular formula is C15H22ClN3O4S. The highest BCUT2D eigenvalue weighted by atomic mass is 35.5. The molecule has 1 aliphatic heterocycles. The van der Waals surface area contributed by atoms with Crippen molar-refractivity contribution in [3.05, 3.63) is 29.3 Å². The Kier molecular flexibility index (Phi) is 5.69. The normalized spacial score (nSPS) is 15.9. The first-order chi connectivity index (χ1) is 10.5. The highest BCUT2D eigenvalue weighted by Crippen LogP contribution is 2.32. The van der Waals surface area contributed by atoms with Crippen molar-refractivity contribution in [2.75, 3.05) is 6.54 Å². The zero-order valence-electron chi connectivity index (χ0n) is 14.0. The number of amides is 2. The molecule has 1 aromatic rings. The molecule has 0 spiro atoms. The van der Waals surface area contributed by atoms with E-state index in [1.54, 1.807) is 27.7 Å². The summed E-state index contributed by atoms with van der Waals surface area (Å²) in [6.45, 7) is 7.01. The van der Waals surface area contributed by atoms with Crippen LogP contribution in [0.3, 0.4) is 0 Å². The molecule has 9 heteroatoms. The standard InChI is InChI=1S/C15H21N3O4S.ClH/c1-9(2)18-14(20)11-6-5-10(7-12(11)23(18,21)22)13(19)17-15(3,4)8-16;/h5-7,9H,8,16H2,1-4H3,(H,17,19);1H. The molecule has 1 aromatic carbocycles.